The first-order valence-electron chi connectivity index (χ1n) is 8.46. The van der Waals surface area contributed by atoms with Crippen LogP contribution in [0.4, 0.5) is 0 Å². The molecule has 0 radical (unpaired) electrons. The lowest BCUT2D eigenvalue weighted by Crippen LogP contribution is -2.38. The van der Waals surface area contributed by atoms with Gasteiger partial charge in [-0.2, -0.15) is 0 Å². The van der Waals surface area contributed by atoms with Crippen LogP contribution in [0.5, 0.6) is 11.5 Å². The number of ether oxygens (including phenoxy) is 1. The Morgan fingerprint density at radius 3 is 2.58 bits per heavy atom. The lowest BCUT2D eigenvalue weighted by atomic mass is 9.94. The third-order valence-electron chi connectivity index (χ3n) is 4.40. The molecule has 1 aliphatic rings. The molecule has 0 bridgehead atoms. The molecule has 0 unspecified atom stereocenters. The van der Waals surface area contributed by atoms with Crippen molar-refractivity contribution in [3.8, 4) is 11.5 Å². The smallest absolute Gasteiger partial charge is 0.120 e. The maximum atomic E-state index is 10.2. The Labute approximate surface area is 143 Å². The number of hydrogen-bond donors (Lipinski definition) is 2. The molecular weight excluding hydrogens is 300 g/mol. The van der Waals surface area contributed by atoms with Gasteiger partial charge in [0.2, 0.25) is 0 Å². The first-order valence-corrected chi connectivity index (χ1v) is 8.46. The van der Waals surface area contributed by atoms with E-state index >= 15 is 0 Å². The van der Waals surface area contributed by atoms with Gasteiger partial charge in [-0.05, 0) is 42.3 Å². The van der Waals surface area contributed by atoms with Crippen LogP contribution in [0.2, 0.25) is 0 Å². The highest BCUT2D eigenvalue weighted by molar-refractivity contribution is 6.01. The van der Waals surface area contributed by atoms with Crippen LogP contribution in [-0.2, 0) is 0 Å². The Morgan fingerprint density at radius 2 is 1.92 bits per heavy atom. The molecule has 24 heavy (non-hydrogen) atoms. The van der Waals surface area contributed by atoms with Crippen molar-refractivity contribution in [3.05, 3.63) is 59.7 Å². The van der Waals surface area contributed by atoms with E-state index in [0.717, 1.165) is 41.9 Å². The summed E-state index contributed by atoms with van der Waals surface area (Å²) < 4.78 is 5.24. The lowest BCUT2D eigenvalue weighted by Gasteiger charge is -2.30. The molecule has 0 spiro atoms. The van der Waals surface area contributed by atoms with Gasteiger partial charge in [-0.1, -0.05) is 31.5 Å². The zero-order chi connectivity index (χ0) is 16.9. The van der Waals surface area contributed by atoms with Crippen molar-refractivity contribution in [1.29, 1.82) is 0 Å². The van der Waals surface area contributed by atoms with Gasteiger partial charge in [0, 0.05) is 23.7 Å². The molecule has 0 saturated heterocycles. The van der Waals surface area contributed by atoms with Gasteiger partial charge in [0.05, 0.1) is 7.11 Å². The summed E-state index contributed by atoms with van der Waals surface area (Å²) in [7, 11) is 1.67. The van der Waals surface area contributed by atoms with Gasteiger partial charge in [-0.25, -0.2) is 0 Å². The molecular formula is C20H24N2O2. The standard InChI is InChI=1S/C20H24N2O2/c1-3-6-20-21-17(14-9-11-15(24-2)12-10-14)13-18(22-20)16-7-4-5-8-19(16)23/h4-5,7-12,18,20,22-23H,3,6,13H2,1-2H3/t18-,20+/m0/s1. The van der Waals surface area contributed by atoms with E-state index in [4.69, 9.17) is 9.73 Å². The number of aliphatic imine (C=N–C) groups is 1. The predicted molar refractivity (Wildman–Crippen MR) is 96.8 cm³/mol. The summed E-state index contributed by atoms with van der Waals surface area (Å²) in [5.41, 5.74) is 3.11. The monoisotopic (exact) mass is 324 g/mol. The molecule has 1 heterocycles. The molecule has 4 heteroatoms. The van der Waals surface area contributed by atoms with Crippen LogP contribution in [0, 0.1) is 0 Å². The Hall–Kier alpha value is -2.33. The van der Waals surface area contributed by atoms with Crippen LogP contribution in [0.1, 0.15) is 43.4 Å². The Kier molecular flexibility index (Phi) is 5.16. The zero-order valence-corrected chi connectivity index (χ0v) is 14.2. The average molecular weight is 324 g/mol. The van der Waals surface area contributed by atoms with E-state index in [-0.39, 0.29) is 12.2 Å². The van der Waals surface area contributed by atoms with Crippen LogP contribution < -0.4 is 10.1 Å². The third kappa shape index (κ3) is 3.60. The number of hydrogen-bond acceptors (Lipinski definition) is 4. The highest BCUT2D eigenvalue weighted by Crippen LogP contribution is 2.31. The third-order valence-corrected chi connectivity index (χ3v) is 4.40. The molecule has 0 fully saturated rings. The van der Waals surface area contributed by atoms with Crippen LogP contribution in [0.25, 0.3) is 0 Å². The summed E-state index contributed by atoms with van der Waals surface area (Å²) in [5.74, 6) is 1.18. The van der Waals surface area contributed by atoms with Crippen molar-refractivity contribution in [2.75, 3.05) is 7.11 Å². The van der Waals surface area contributed by atoms with Crippen LogP contribution in [0.15, 0.2) is 53.5 Å². The van der Waals surface area contributed by atoms with E-state index in [1.165, 1.54) is 0 Å². The molecule has 0 amide bonds. The average Bonchev–Trinajstić information content (AvgIpc) is 2.62. The van der Waals surface area contributed by atoms with E-state index < -0.39 is 0 Å². The molecule has 4 nitrogen and oxygen atoms in total. The quantitative estimate of drug-likeness (QED) is 0.872. The molecule has 2 aromatic rings. The predicted octanol–water partition coefficient (Wildman–Crippen LogP) is 4.05. The van der Waals surface area contributed by atoms with E-state index in [2.05, 4.69) is 12.2 Å². The number of nitrogens with zero attached hydrogens (tertiary/aromatic N) is 1. The second kappa shape index (κ2) is 7.49. The van der Waals surface area contributed by atoms with Gasteiger partial charge >= 0.3 is 0 Å². The van der Waals surface area contributed by atoms with Gasteiger partial charge in [0.15, 0.2) is 0 Å². The SMILES string of the molecule is CCC[C@@H]1N=C(c2ccc(OC)cc2)C[C@@H](c2ccccc2O)N1. The Morgan fingerprint density at radius 1 is 1.17 bits per heavy atom. The number of benzene rings is 2. The number of phenols is 1. The molecule has 2 aromatic carbocycles. The first kappa shape index (κ1) is 16.5. The summed E-state index contributed by atoms with van der Waals surface area (Å²) in [5, 5.41) is 13.8. The van der Waals surface area contributed by atoms with Crippen molar-refractivity contribution in [2.45, 2.75) is 38.4 Å². The topological polar surface area (TPSA) is 53.9 Å². The fraction of sp³-hybridized carbons (Fsp3) is 0.350. The van der Waals surface area contributed by atoms with E-state index in [1.807, 2.05) is 42.5 Å². The van der Waals surface area contributed by atoms with Crippen molar-refractivity contribution >= 4 is 5.71 Å². The molecule has 2 atom stereocenters. The number of aromatic hydroxyl groups is 1. The summed E-state index contributed by atoms with van der Waals surface area (Å²) >= 11 is 0. The fourth-order valence-corrected chi connectivity index (χ4v) is 3.14. The molecule has 0 aliphatic carbocycles. The molecule has 1 aliphatic heterocycles. The number of nitrogens with one attached hydrogen (secondary N) is 1. The minimum absolute atomic E-state index is 0.0670. The van der Waals surface area contributed by atoms with Gasteiger partial charge in [-0.15, -0.1) is 0 Å². The Bertz CT molecular complexity index is 710. The van der Waals surface area contributed by atoms with Gasteiger partial charge < -0.3 is 9.84 Å². The highest BCUT2D eigenvalue weighted by Gasteiger charge is 2.26. The van der Waals surface area contributed by atoms with E-state index in [1.54, 1.807) is 13.2 Å². The van der Waals surface area contributed by atoms with Crippen LogP contribution in [0.3, 0.4) is 0 Å². The molecule has 0 saturated carbocycles. The minimum atomic E-state index is 0.0670. The number of phenolic OH excluding ortho intramolecular Hbond substituents is 1. The second-order valence-corrected chi connectivity index (χ2v) is 6.09. The molecule has 0 aromatic heterocycles. The highest BCUT2D eigenvalue weighted by atomic mass is 16.5. The maximum Gasteiger partial charge on any atom is 0.120 e. The largest absolute Gasteiger partial charge is 0.508 e. The lowest BCUT2D eigenvalue weighted by molar-refractivity contribution is 0.391. The normalized spacial score (nSPS) is 20.5. The van der Waals surface area contributed by atoms with Crippen molar-refractivity contribution in [2.24, 2.45) is 4.99 Å². The van der Waals surface area contributed by atoms with E-state index in [9.17, 15) is 5.11 Å². The summed E-state index contributed by atoms with van der Waals surface area (Å²) in [6.45, 7) is 2.16. The summed E-state index contributed by atoms with van der Waals surface area (Å²) in [4.78, 5) is 4.89. The number of para-hydroxylation sites is 1. The van der Waals surface area contributed by atoms with Crippen LogP contribution >= 0.6 is 0 Å². The number of rotatable bonds is 5. The Balaban J connectivity index is 1.90. The van der Waals surface area contributed by atoms with Crippen molar-refractivity contribution in [1.82, 2.24) is 5.32 Å². The fourth-order valence-electron chi connectivity index (χ4n) is 3.14. The minimum Gasteiger partial charge on any atom is -0.508 e. The first-order chi connectivity index (χ1) is 11.7. The summed E-state index contributed by atoms with van der Waals surface area (Å²) in [6.07, 6.45) is 2.86. The van der Waals surface area contributed by atoms with Crippen LogP contribution in [-0.4, -0.2) is 24.1 Å². The van der Waals surface area contributed by atoms with Crippen molar-refractivity contribution in [3.63, 3.8) is 0 Å². The van der Waals surface area contributed by atoms with E-state index in [0.29, 0.717) is 5.75 Å². The van der Waals surface area contributed by atoms with Gasteiger partial charge in [-0.3, -0.25) is 10.3 Å². The second-order valence-electron chi connectivity index (χ2n) is 6.09. The molecule has 126 valence electrons. The number of methoxy groups -OCH3 is 1. The zero-order valence-electron chi connectivity index (χ0n) is 14.2. The van der Waals surface area contributed by atoms with Gasteiger partial charge in [0.25, 0.3) is 0 Å². The maximum absolute atomic E-state index is 10.2. The van der Waals surface area contributed by atoms with Gasteiger partial charge in [0.1, 0.15) is 17.7 Å². The van der Waals surface area contributed by atoms with Crippen molar-refractivity contribution < 1.29 is 9.84 Å². The summed E-state index contributed by atoms with van der Waals surface area (Å²) in [6, 6.07) is 15.6. The molecule has 2 N–H and O–H groups in total. The molecule has 3 rings (SSSR count).